The highest BCUT2D eigenvalue weighted by atomic mass is 32.2. The first kappa shape index (κ1) is 13.8. The second-order valence-corrected chi connectivity index (χ2v) is 6.07. The fourth-order valence-corrected chi connectivity index (χ4v) is 2.82. The van der Waals surface area contributed by atoms with E-state index >= 15 is 0 Å². The van der Waals surface area contributed by atoms with Crippen molar-refractivity contribution in [2.75, 3.05) is 11.9 Å². The van der Waals surface area contributed by atoms with Crippen LogP contribution >= 0.6 is 0 Å². The van der Waals surface area contributed by atoms with Crippen LogP contribution in [0.15, 0.2) is 23.1 Å². The van der Waals surface area contributed by atoms with Crippen molar-refractivity contribution in [1.29, 1.82) is 0 Å². The second-order valence-electron chi connectivity index (χ2n) is 4.31. The van der Waals surface area contributed by atoms with E-state index in [0.717, 1.165) is 0 Å². The maximum atomic E-state index is 12.0. The lowest BCUT2D eigenvalue weighted by atomic mass is 10.2. The maximum Gasteiger partial charge on any atom is 0.265 e. The molecule has 1 aliphatic rings. The average Bonchev–Trinajstić information content (AvgIpc) is 2.37. The molecule has 104 valence electrons. The van der Waals surface area contributed by atoms with E-state index in [1.165, 1.54) is 18.2 Å². The number of ether oxygens (including phenoxy) is 1. The Labute approximate surface area is 112 Å². The molecule has 1 aromatic rings. The predicted octanol–water partition coefficient (Wildman–Crippen LogP) is 1.09. The molecular weight excluding hydrogens is 268 g/mol. The molecule has 1 heterocycles. The number of hydrogen-bond donors (Lipinski definition) is 2. The number of carbonyl (C=O) groups excluding carboxylic acids is 1. The van der Waals surface area contributed by atoms with Crippen LogP contribution in [0.25, 0.3) is 0 Å². The molecule has 1 atom stereocenters. The zero-order chi connectivity index (χ0) is 14.0. The number of nitrogens with one attached hydrogen (secondary N) is 2. The number of sulfonamides is 1. The molecule has 1 amide bonds. The summed E-state index contributed by atoms with van der Waals surface area (Å²) in [5.41, 5.74) is 0.484. The van der Waals surface area contributed by atoms with Crippen molar-refractivity contribution in [2.24, 2.45) is 0 Å². The summed E-state index contributed by atoms with van der Waals surface area (Å²) >= 11 is 0. The van der Waals surface area contributed by atoms with Gasteiger partial charge in [0.1, 0.15) is 5.75 Å². The van der Waals surface area contributed by atoms with Gasteiger partial charge in [0, 0.05) is 12.6 Å². The molecule has 0 radical (unpaired) electrons. The summed E-state index contributed by atoms with van der Waals surface area (Å²) in [6.07, 6.45) is 0.0855. The van der Waals surface area contributed by atoms with Crippen LogP contribution in [0.3, 0.4) is 0 Å². The molecule has 2 rings (SSSR count). The Bertz CT molecular complexity index is 598. The Kier molecular flexibility index (Phi) is 3.77. The fraction of sp³-hybridized carbons (Fsp3) is 0.417. The van der Waals surface area contributed by atoms with Crippen LogP contribution in [0.1, 0.15) is 20.3 Å². The zero-order valence-corrected chi connectivity index (χ0v) is 11.6. The summed E-state index contributed by atoms with van der Waals surface area (Å²) in [5, 5.41) is 2.65. The van der Waals surface area contributed by atoms with Gasteiger partial charge in [-0.25, -0.2) is 13.1 Å². The standard InChI is InChI=1S/C12H16N2O4S/c1-3-6-13-19(16,17)9-4-5-10-11(7-9)18-8(2)12(15)14-10/h4-5,7-8,13H,3,6H2,1-2H3,(H,14,15)/t8-/m0/s1. The first-order valence-electron chi connectivity index (χ1n) is 6.05. The van der Waals surface area contributed by atoms with E-state index in [2.05, 4.69) is 10.0 Å². The molecule has 7 heteroatoms. The highest BCUT2D eigenvalue weighted by Crippen LogP contribution is 2.31. The molecule has 0 unspecified atom stereocenters. The van der Waals surface area contributed by atoms with Crippen molar-refractivity contribution < 1.29 is 17.9 Å². The number of carbonyl (C=O) groups is 1. The van der Waals surface area contributed by atoms with Gasteiger partial charge in [0.05, 0.1) is 10.6 Å². The summed E-state index contributed by atoms with van der Waals surface area (Å²) in [4.78, 5) is 11.5. The van der Waals surface area contributed by atoms with Crippen molar-refractivity contribution >= 4 is 21.6 Å². The van der Waals surface area contributed by atoms with Gasteiger partial charge in [0.25, 0.3) is 5.91 Å². The minimum Gasteiger partial charge on any atom is -0.479 e. The van der Waals surface area contributed by atoms with Gasteiger partial charge in [-0.3, -0.25) is 4.79 Å². The van der Waals surface area contributed by atoms with Crippen LogP contribution in [0, 0.1) is 0 Å². The summed E-state index contributed by atoms with van der Waals surface area (Å²) in [6.45, 7) is 3.87. The Morgan fingerprint density at radius 3 is 2.84 bits per heavy atom. The molecule has 1 aliphatic heterocycles. The van der Waals surface area contributed by atoms with E-state index in [1.807, 2.05) is 6.92 Å². The largest absolute Gasteiger partial charge is 0.479 e. The molecular formula is C12H16N2O4S. The van der Waals surface area contributed by atoms with Crippen molar-refractivity contribution in [1.82, 2.24) is 4.72 Å². The first-order chi connectivity index (χ1) is 8.94. The quantitative estimate of drug-likeness (QED) is 0.867. The van der Waals surface area contributed by atoms with E-state index in [9.17, 15) is 13.2 Å². The van der Waals surface area contributed by atoms with E-state index in [-0.39, 0.29) is 10.8 Å². The SMILES string of the molecule is CCCNS(=O)(=O)c1ccc2c(c1)O[C@@H](C)C(=O)N2. The van der Waals surface area contributed by atoms with Gasteiger partial charge in [-0.15, -0.1) is 0 Å². The third-order valence-corrected chi connectivity index (χ3v) is 4.20. The van der Waals surface area contributed by atoms with Gasteiger partial charge < -0.3 is 10.1 Å². The van der Waals surface area contributed by atoms with Crippen LogP contribution in [-0.2, 0) is 14.8 Å². The highest BCUT2D eigenvalue weighted by Gasteiger charge is 2.25. The maximum absolute atomic E-state index is 12.0. The Morgan fingerprint density at radius 1 is 1.42 bits per heavy atom. The monoisotopic (exact) mass is 284 g/mol. The molecule has 1 aromatic carbocycles. The number of amides is 1. The lowest BCUT2D eigenvalue weighted by molar-refractivity contribution is -0.122. The molecule has 0 saturated heterocycles. The van der Waals surface area contributed by atoms with Crippen molar-refractivity contribution in [3.63, 3.8) is 0 Å². The Balaban J connectivity index is 2.31. The first-order valence-corrected chi connectivity index (χ1v) is 7.53. The van der Waals surface area contributed by atoms with Crippen molar-refractivity contribution in [2.45, 2.75) is 31.3 Å². The molecule has 0 saturated carbocycles. The third-order valence-electron chi connectivity index (χ3n) is 2.74. The molecule has 6 nitrogen and oxygen atoms in total. The minimum atomic E-state index is -3.53. The topological polar surface area (TPSA) is 84.5 Å². The van der Waals surface area contributed by atoms with Crippen molar-refractivity contribution in [3.05, 3.63) is 18.2 Å². The number of hydrogen-bond acceptors (Lipinski definition) is 4. The van der Waals surface area contributed by atoms with Crippen LogP contribution in [0.5, 0.6) is 5.75 Å². The van der Waals surface area contributed by atoms with Gasteiger partial charge in [-0.2, -0.15) is 0 Å². The number of anilines is 1. The lowest BCUT2D eigenvalue weighted by Crippen LogP contribution is -2.34. The molecule has 0 fully saturated rings. The summed E-state index contributed by atoms with van der Waals surface area (Å²) in [7, 11) is -3.53. The molecule has 19 heavy (non-hydrogen) atoms. The van der Waals surface area contributed by atoms with Crippen LogP contribution in [0.2, 0.25) is 0 Å². The molecule has 0 bridgehead atoms. The van der Waals surface area contributed by atoms with Gasteiger partial charge >= 0.3 is 0 Å². The highest BCUT2D eigenvalue weighted by molar-refractivity contribution is 7.89. The minimum absolute atomic E-state index is 0.128. The van der Waals surface area contributed by atoms with Crippen LogP contribution < -0.4 is 14.8 Å². The van der Waals surface area contributed by atoms with Crippen LogP contribution in [-0.4, -0.2) is 27.0 Å². The normalized spacial score (nSPS) is 18.4. The van der Waals surface area contributed by atoms with Crippen LogP contribution in [0.4, 0.5) is 5.69 Å². The summed E-state index contributed by atoms with van der Waals surface area (Å²) in [5.74, 6) is 0.124. The van der Waals surface area contributed by atoms with E-state index in [0.29, 0.717) is 24.4 Å². The Hall–Kier alpha value is -1.60. The smallest absolute Gasteiger partial charge is 0.265 e. The number of benzene rings is 1. The van der Waals surface area contributed by atoms with E-state index in [4.69, 9.17) is 4.74 Å². The lowest BCUT2D eigenvalue weighted by Gasteiger charge is -2.23. The summed E-state index contributed by atoms with van der Waals surface area (Å²) < 4.78 is 31.8. The molecule has 2 N–H and O–H groups in total. The average molecular weight is 284 g/mol. The van der Waals surface area contributed by atoms with Gasteiger partial charge in [0.15, 0.2) is 6.10 Å². The number of fused-ring (bicyclic) bond motifs is 1. The van der Waals surface area contributed by atoms with Gasteiger partial charge in [-0.1, -0.05) is 6.92 Å². The predicted molar refractivity (Wildman–Crippen MR) is 70.6 cm³/mol. The van der Waals surface area contributed by atoms with Gasteiger partial charge in [0.2, 0.25) is 10.0 Å². The van der Waals surface area contributed by atoms with Gasteiger partial charge in [-0.05, 0) is 25.5 Å². The molecule has 0 spiro atoms. The van der Waals surface area contributed by atoms with E-state index in [1.54, 1.807) is 6.92 Å². The second kappa shape index (κ2) is 5.18. The molecule has 0 aliphatic carbocycles. The third kappa shape index (κ3) is 2.87. The Morgan fingerprint density at radius 2 is 2.16 bits per heavy atom. The zero-order valence-electron chi connectivity index (χ0n) is 10.8. The summed E-state index contributed by atoms with van der Waals surface area (Å²) in [6, 6.07) is 4.39. The van der Waals surface area contributed by atoms with E-state index < -0.39 is 16.1 Å². The molecule has 0 aromatic heterocycles. The number of rotatable bonds is 4. The fourth-order valence-electron chi connectivity index (χ4n) is 1.67. The van der Waals surface area contributed by atoms with Crippen molar-refractivity contribution in [3.8, 4) is 5.75 Å².